The van der Waals surface area contributed by atoms with Crippen molar-refractivity contribution in [2.75, 3.05) is 25.0 Å². The third-order valence-corrected chi connectivity index (χ3v) is 7.70. The summed E-state index contributed by atoms with van der Waals surface area (Å²) in [5.41, 5.74) is -0.00693. The zero-order valence-electron chi connectivity index (χ0n) is 23.5. The lowest BCUT2D eigenvalue weighted by Crippen LogP contribution is -2.37. The summed E-state index contributed by atoms with van der Waals surface area (Å²) in [5, 5.41) is 7.59. The largest absolute Gasteiger partial charge is 0.493 e. The highest BCUT2D eigenvalue weighted by atomic mass is 19.1. The Balaban J connectivity index is 1.32. The molecule has 2 aliphatic rings. The van der Waals surface area contributed by atoms with Crippen molar-refractivity contribution in [2.45, 2.75) is 60.1 Å². The Bertz CT molecular complexity index is 1370. The lowest BCUT2D eigenvalue weighted by Gasteiger charge is -2.26. The van der Waals surface area contributed by atoms with Crippen molar-refractivity contribution in [1.29, 1.82) is 0 Å². The van der Waals surface area contributed by atoms with Crippen LogP contribution in [0, 0.1) is 42.2 Å². The molecule has 5 rings (SSSR count). The Labute approximate surface area is 226 Å². The van der Waals surface area contributed by atoms with Crippen molar-refractivity contribution < 1.29 is 23.0 Å². The molecule has 1 N–H and O–H groups in total. The number of hydrogen-bond donors (Lipinski definition) is 1. The summed E-state index contributed by atoms with van der Waals surface area (Å²) in [4.78, 5) is 22.6. The maximum Gasteiger partial charge on any atom is 0.410 e. The first kappa shape index (κ1) is 27.1. The number of nitrogens with one attached hydrogen (secondary N) is 1. The Morgan fingerprint density at radius 2 is 1.77 bits per heavy atom. The molecule has 11 heteroatoms. The number of carbonyl (C=O) groups is 1. The second kappa shape index (κ2) is 9.91. The van der Waals surface area contributed by atoms with Gasteiger partial charge >= 0.3 is 6.09 Å². The normalized spacial score (nSPS) is 21.3. The molecule has 1 amide bonds. The monoisotopic (exact) mass is 542 g/mol. The molecule has 2 fully saturated rings. The Hall–Kier alpha value is -3.50. The summed E-state index contributed by atoms with van der Waals surface area (Å²) >= 11 is 0. The second-order valence-electron chi connectivity index (χ2n) is 12.0. The SMILES string of the molecule is Cc1nc2ncnn2c(N[C@H](C)C(C)C)c1-c1c(F)cc(OCC2[C@H]3CN(C(=O)OC(C)(C)C)C[C@@H]23)cc1F. The van der Waals surface area contributed by atoms with Gasteiger partial charge in [-0.3, -0.25) is 0 Å². The zero-order chi connectivity index (χ0) is 28.2. The van der Waals surface area contributed by atoms with Crippen LogP contribution in [0.25, 0.3) is 16.9 Å². The number of likely N-dealkylation sites (tertiary alicyclic amines) is 1. The molecule has 1 aliphatic carbocycles. The van der Waals surface area contributed by atoms with Gasteiger partial charge in [-0.15, -0.1) is 0 Å². The van der Waals surface area contributed by atoms with Crippen molar-refractivity contribution in [2.24, 2.45) is 23.7 Å². The molecule has 4 atom stereocenters. The fourth-order valence-electron chi connectivity index (χ4n) is 5.20. The Kier molecular flexibility index (Phi) is 6.88. The quantitative estimate of drug-likeness (QED) is 0.432. The fourth-order valence-corrected chi connectivity index (χ4v) is 5.20. The van der Waals surface area contributed by atoms with Crippen LogP contribution in [0.15, 0.2) is 18.5 Å². The first-order valence-corrected chi connectivity index (χ1v) is 13.4. The van der Waals surface area contributed by atoms with E-state index in [2.05, 4.69) is 34.2 Å². The van der Waals surface area contributed by atoms with Crippen LogP contribution in [-0.4, -0.2) is 61.9 Å². The summed E-state index contributed by atoms with van der Waals surface area (Å²) < 4.78 is 43.8. The van der Waals surface area contributed by atoms with Gasteiger partial charge in [-0.2, -0.15) is 14.6 Å². The number of fused-ring (bicyclic) bond motifs is 2. The van der Waals surface area contributed by atoms with Crippen LogP contribution in [0.5, 0.6) is 5.75 Å². The zero-order valence-corrected chi connectivity index (χ0v) is 23.5. The van der Waals surface area contributed by atoms with Crippen LogP contribution in [0.1, 0.15) is 47.2 Å². The molecule has 1 aliphatic heterocycles. The van der Waals surface area contributed by atoms with E-state index in [9.17, 15) is 4.79 Å². The summed E-state index contributed by atoms with van der Waals surface area (Å²) in [5.74, 6) is 0.525. The number of hydrogen-bond acceptors (Lipinski definition) is 7. The van der Waals surface area contributed by atoms with Crippen LogP contribution < -0.4 is 10.1 Å². The summed E-state index contributed by atoms with van der Waals surface area (Å²) in [7, 11) is 0. The van der Waals surface area contributed by atoms with E-state index < -0.39 is 17.2 Å². The van der Waals surface area contributed by atoms with Crippen LogP contribution in [0.3, 0.4) is 0 Å². The average molecular weight is 543 g/mol. The Morgan fingerprint density at radius 3 is 2.36 bits per heavy atom. The number of carbonyl (C=O) groups excluding carboxylic acids is 1. The summed E-state index contributed by atoms with van der Waals surface area (Å²) in [6.45, 7) is 14.9. The molecular weight excluding hydrogens is 506 g/mol. The predicted molar refractivity (Wildman–Crippen MR) is 143 cm³/mol. The van der Waals surface area contributed by atoms with Crippen molar-refractivity contribution >= 4 is 17.7 Å². The Morgan fingerprint density at radius 1 is 1.13 bits per heavy atom. The molecule has 1 unspecified atom stereocenters. The van der Waals surface area contributed by atoms with E-state index in [1.165, 1.54) is 23.0 Å². The maximum absolute atomic E-state index is 15.5. The number of aromatic nitrogens is 4. The highest BCUT2D eigenvalue weighted by Gasteiger charge is 2.57. The number of halogens is 2. The van der Waals surface area contributed by atoms with E-state index in [0.717, 1.165) is 0 Å². The topological polar surface area (TPSA) is 93.9 Å². The van der Waals surface area contributed by atoms with Gasteiger partial charge in [-0.25, -0.2) is 18.6 Å². The first-order valence-electron chi connectivity index (χ1n) is 13.4. The molecule has 3 heterocycles. The summed E-state index contributed by atoms with van der Waals surface area (Å²) in [6, 6.07) is 2.42. The van der Waals surface area contributed by atoms with Gasteiger partial charge in [0.15, 0.2) is 0 Å². The molecule has 1 saturated carbocycles. The molecule has 1 aromatic carbocycles. The van der Waals surface area contributed by atoms with E-state index in [4.69, 9.17) is 9.47 Å². The molecule has 210 valence electrons. The minimum atomic E-state index is -0.748. The second-order valence-corrected chi connectivity index (χ2v) is 12.0. The third kappa shape index (κ3) is 5.35. The van der Waals surface area contributed by atoms with Gasteiger partial charge in [-0.1, -0.05) is 13.8 Å². The third-order valence-electron chi connectivity index (χ3n) is 7.70. The first-order chi connectivity index (χ1) is 18.3. The summed E-state index contributed by atoms with van der Waals surface area (Å²) in [6.07, 6.45) is 1.06. The number of benzene rings is 1. The van der Waals surface area contributed by atoms with Gasteiger partial charge in [0.05, 0.1) is 23.4 Å². The lowest BCUT2D eigenvalue weighted by atomic mass is 10.0. The molecule has 0 radical (unpaired) electrons. The van der Waals surface area contributed by atoms with Gasteiger partial charge in [0.2, 0.25) is 0 Å². The van der Waals surface area contributed by atoms with Gasteiger partial charge < -0.3 is 19.7 Å². The number of amides is 1. The van der Waals surface area contributed by atoms with E-state index in [1.807, 2.05) is 27.7 Å². The predicted octanol–water partition coefficient (Wildman–Crippen LogP) is 5.33. The van der Waals surface area contributed by atoms with Gasteiger partial charge in [-0.05, 0) is 52.4 Å². The number of nitrogens with zero attached hydrogens (tertiary/aromatic N) is 5. The van der Waals surface area contributed by atoms with E-state index >= 15 is 8.78 Å². The number of piperidine rings is 1. The van der Waals surface area contributed by atoms with Crippen molar-refractivity contribution in [3.8, 4) is 16.9 Å². The highest BCUT2D eigenvalue weighted by Crippen LogP contribution is 2.52. The smallest absolute Gasteiger partial charge is 0.410 e. The van der Waals surface area contributed by atoms with Crippen LogP contribution in [0.4, 0.5) is 19.4 Å². The number of rotatable bonds is 7. The van der Waals surface area contributed by atoms with Crippen molar-refractivity contribution in [3.63, 3.8) is 0 Å². The van der Waals surface area contributed by atoms with Gasteiger partial charge in [0, 0.05) is 37.2 Å². The number of ether oxygens (including phenoxy) is 2. The van der Waals surface area contributed by atoms with Gasteiger partial charge in [0.25, 0.3) is 5.78 Å². The molecular formula is C28H36F2N6O3. The van der Waals surface area contributed by atoms with Crippen LogP contribution in [0.2, 0.25) is 0 Å². The van der Waals surface area contributed by atoms with E-state index in [-0.39, 0.29) is 35.3 Å². The molecule has 0 spiro atoms. The molecule has 1 saturated heterocycles. The van der Waals surface area contributed by atoms with Crippen LogP contribution in [-0.2, 0) is 4.74 Å². The van der Waals surface area contributed by atoms with Crippen molar-refractivity contribution in [1.82, 2.24) is 24.5 Å². The molecule has 9 nitrogen and oxygen atoms in total. The number of aryl methyl sites for hydroxylation is 1. The highest BCUT2D eigenvalue weighted by molar-refractivity contribution is 5.80. The average Bonchev–Trinajstić information content (AvgIpc) is 3.16. The van der Waals surface area contributed by atoms with E-state index in [0.29, 0.717) is 54.4 Å². The molecule has 2 aromatic heterocycles. The fraction of sp³-hybridized carbons (Fsp3) is 0.571. The lowest BCUT2D eigenvalue weighted by molar-refractivity contribution is 0.0260. The van der Waals surface area contributed by atoms with E-state index in [1.54, 1.807) is 11.8 Å². The molecule has 39 heavy (non-hydrogen) atoms. The number of anilines is 1. The van der Waals surface area contributed by atoms with Gasteiger partial charge in [0.1, 0.15) is 35.1 Å². The molecule has 0 bridgehead atoms. The van der Waals surface area contributed by atoms with Crippen LogP contribution >= 0.6 is 0 Å². The minimum absolute atomic E-state index is 0.00378. The standard InChI is InChI=1S/C28H36F2N6O3/c1-14(2)15(3)33-25-23(16(4)34-26-31-13-32-36(25)26)24-21(29)8-17(9-22(24)30)38-12-20-18-10-35(11-19(18)20)27(37)39-28(5,6)7/h8-9,13-15,18-20,33H,10-12H2,1-7H3/t15-,18-,19+,20?/m1/s1. The molecule has 3 aromatic rings. The minimum Gasteiger partial charge on any atom is -0.493 e. The maximum atomic E-state index is 15.5. The van der Waals surface area contributed by atoms with Crippen molar-refractivity contribution in [3.05, 3.63) is 35.8 Å².